The van der Waals surface area contributed by atoms with Crippen molar-refractivity contribution in [3.05, 3.63) is 29.8 Å². The Labute approximate surface area is 209 Å². The van der Waals surface area contributed by atoms with E-state index in [-0.39, 0.29) is 18.1 Å². The Hall–Kier alpha value is -3.27. The predicted molar refractivity (Wildman–Crippen MR) is 132 cm³/mol. The molecule has 1 rings (SSSR count). The van der Waals surface area contributed by atoms with Gasteiger partial charge in [-0.3, -0.25) is 28.8 Å². The van der Waals surface area contributed by atoms with Crippen molar-refractivity contribution >= 4 is 52.4 Å². The minimum atomic E-state index is -1.04. The number of alkyl halides is 1. The van der Waals surface area contributed by atoms with Gasteiger partial charge in [0.1, 0.15) is 12.1 Å². The number of Topliss-reactive ketones (excluding diaryl/α,β-unsaturated/α-hetero) is 3. The molecule has 0 spiro atoms. The van der Waals surface area contributed by atoms with Gasteiger partial charge in [-0.25, -0.2) is 0 Å². The smallest absolute Gasteiger partial charge is 0.242 e. The van der Waals surface area contributed by atoms with Gasteiger partial charge in [-0.2, -0.15) is 0 Å². The number of hydrogen-bond acceptors (Lipinski definition) is 7. The fourth-order valence-electron chi connectivity index (χ4n) is 3.15. The van der Waals surface area contributed by atoms with Gasteiger partial charge < -0.3 is 21.3 Å². The molecule has 11 heteroatoms. The normalized spacial score (nSPS) is 13.2. The summed E-state index contributed by atoms with van der Waals surface area (Å²) >= 11 is 5.45. The number of ketones is 3. The van der Waals surface area contributed by atoms with Gasteiger partial charge in [0, 0.05) is 11.3 Å². The van der Waals surface area contributed by atoms with Crippen molar-refractivity contribution in [2.24, 2.45) is 5.92 Å². The molecule has 3 atom stereocenters. The van der Waals surface area contributed by atoms with Crippen LogP contribution in [-0.2, 0) is 24.0 Å². The molecule has 1 aromatic carbocycles. The molecule has 4 N–H and O–H groups in total. The van der Waals surface area contributed by atoms with Crippen LogP contribution in [0.5, 0.6) is 0 Å². The molecular formula is C24H33ClN4O6. The zero-order valence-electron chi connectivity index (χ0n) is 20.6. The summed E-state index contributed by atoms with van der Waals surface area (Å²) in [6, 6.07) is 3.94. The van der Waals surface area contributed by atoms with Crippen LogP contribution in [0.1, 0.15) is 51.4 Å². The van der Waals surface area contributed by atoms with Crippen LogP contribution in [0, 0.1) is 5.92 Å². The number of rotatable bonds is 14. The van der Waals surface area contributed by atoms with Crippen LogP contribution >= 0.6 is 11.6 Å². The number of amides is 3. The van der Waals surface area contributed by atoms with Crippen LogP contribution < -0.4 is 21.3 Å². The maximum absolute atomic E-state index is 12.5. The van der Waals surface area contributed by atoms with Crippen LogP contribution in [0.25, 0.3) is 0 Å². The average molecular weight is 509 g/mol. The Bertz CT molecular complexity index is 965. The summed E-state index contributed by atoms with van der Waals surface area (Å²) in [5.74, 6) is -3.97. The lowest BCUT2D eigenvalue weighted by Gasteiger charge is -2.22. The molecule has 0 aliphatic rings. The minimum Gasteiger partial charge on any atom is -0.373 e. The summed E-state index contributed by atoms with van der Waals surface area (Å²) in [7, 11) is 0. The molecule has 0 radical (unpaired) electrons. The molecule has 1 unspecified atom stereocenters. The Morgan fingerprint density at radius 1 is 0.886 bits per heavy atom. The third kappa shape index (κ3) is 9.86. The first kappa shape index (κ1) is 29.8. The third-order valence-electron chi connectivity index (χ3n) is 5.00. The van der Waals surface area contributed by atoms with E-state index in [0.29, 0.717) is 11.3 Å². The summed E-state index contributed by atoms with van der Waals surface area (Å²) in [4.78, 5) is 72.7. The second kappa shape index (κ2) is 14.2. The molecule has 0 aromatic heterocycles. The topological polar surface area (TPSA) is 151 Å². The molecule has 3 amide bonds. The molecule has 0 aliphatic heterocycles. The molecule has 10 nitrogen and oxygen atoms in total. The second-order valence-electron chi connectivity index (χ2n) is 8.59. The van der Waals surface area contributed by atoms with Gasteiger partial charge in [0.2, 0.25) is 29.3 Å². The molecule has 0 heterocycles. The van der Waals surface area contributed by atoms with E-state index >= 15 is 0 Å². The van der Waals surface area contributed by atoms with Crippen molar-refractivity contribution in [3.63, 3.8) is 0 Å². The van der Waals surface area contributed by atoms with Crippen molar-refractivity contribution in [2.45, 2.75) is 59.2 Å². The SMILES string of the molecule is CC(=O)c1ccccc1NC(C)C(=O)NCC(=O)N[C@@H](C)C(=O)N[C@@H](CC(C)C)C(=O)C(=O)CCl. The Kier molecular flexibility index (Phi) is 12.1. The predicted octanol–water partition coefficient (Wildman–Crippen LogP) is 1.22. The second-order valence-corrected chi connectivity index (χ2v) is 8.85. The van der Waals surface area contributed by atoms with Crippen LogP contribution in [0.2, 0.25) is 0 Å². The van der Waals surface area contributed by atoms with Crippen molar-refractivity contribution in [1.29, 1.82) is 0 Å². The van der Waals surface area contributed by atoms with E-state index in [1.807, 2.05) is 13.8 Å². The first-order valence-corrected chi connectivity index (χ1v) is 11.8. The van der Waals surface area contributed by atoms with Gasteiger partial charge >= 0.3 is 0 Å². The first-order valence-electron chi connectivity index (χ1n) is 11.2. The van der Waals surface area contributed by atoms with E-state index in [1.165, 1.54) is 13.8 Å². The number of benzene rings is 1. The number of hydrogen-bond donors (Lipinski definition) is 4. The van der Waals surface area contributed by atoms with Gasteiger partial charge in [-0.15, -0.1) is 11.6 Å². The quantitative estimate of drug-likeness (QED) is 0.167. The van der Waals surface area contributed by atoms with Gasteiger partial charge in [-0.05, 0) is 45.2 Å². The van der Waals surface area contributed by atoms with Crippen molar-refractivity contribution in [1.82, 2.24) is 16.0 Å². The largest absolute Gasteiger partial charge is 0.373 e. The van der Waals surface area contributed by atoms with E-state index in [9.17, 15) is 28.8 Å². The maximum atomic E-state index is 12.5. The number of para-hydroxylation sites is 1. The van der Waals surface area contributed by atoms with Crippen LogP contribution in [0.15, 0.2) is 24.3 Å². The van der Waals surface area contributed by atoms with E-state index in [0.717, 1.165) is 0 Å². The monoisotopic (exact) mass is 508 g/mol. The lowest BCUT2D eigenvalue weighted by molar-refractivity contribution is -0.138. The van der Waals surface area contributed by atoms with Crippen LogP contribution in [0.4, 0.5) is 5.69 Å². The average Bonchev–Trinajstić information content (AvgIpc) is 2.80. The summed E-state index contributed by atoms with van der Waals surface area (Å²) < 4.78 is 0. The molecule has 35 heavy (non-hydrogen) atoms. The fourth-order valence-corrected chi connectivity index (χ4v) is 3.28. The standard InChI is InChI=1S/C24H33ClN4O6/c1-13(2)10-19(22(33)20(31)11-25)29-24(35)15(4)28-21(32)12-26-23(34)14(3)27-18-9-7-6-8-17(18)16(5)30/h6-9,13-15,19,27H,10-12H2,1-5H3,(H,26,34)(H,28,32)(H,29,35)/t14?,15-,19-/m0/s1. The first-order chi connectivity index (χ1) is 16.4. The van der Waals surface area contributed by atoms with E-state index in [4.69, 9.17) is 11.6 Å². The van der Waals surface area contributed by atoms with E-state index < -0.39 is 59.8 Å². The molecule has 0 bridgehead atoms. The van der Waals surface area contributed by atoms with Crippen molar-refractivity contribution in [3.8, 4) is 0 Å². The highest BCUT2D eigenvalue weighted by Crippen LogP contribution is 2.16. The van der Waals surface area contributed by atoms with E-state index in [1.54, 1.807) is 31.2 Å². The number of anilines is 1. The molecular weight excluding hydrogens is 476 g/mol. The molecule has 0 fully saturated rings. The van der Waals surface area contributed by atoms with Crippen molar-refractivity contribution in [2.75, 3.05) is 17.7 Å². The van der Waals surface area contributed by atoms with Crippen LogP contribution in [0.3, 0.4) is 0 Å². The zero-order chi connectivity index (χ0) is 26.7. The van der Waals surface area contributed by atoms with Gasteiger partial charge in [0.05, 0.1) is 18.5 Å². The Morgan fingerprint density at radius 2 is 1.51 bits per heavy atom. The van der Waals surface area contributed by atoms with Crippen molar-refractivity contribution < 1.29 is 28.8 Å². The molecule has 0 saturated carbocycles. The summed E-state index contributed by atoms with van der Waals surface area (Å²) in [6.45, 7) is 7.69. The highest BCUT2D eigenvalue weighted by molar-refractivity contribution is 6.48. The molecule has 0 aliphatic carbocycles. The molecule has 192 valence electrons. The number of carbonyl (C=O) groups is 6. The molecule has 0 saturated heterocycles. The number of carbonyl (C=O) groups excluding carboxylic acids is 6. The summed E-state index contributed by atoms with van der Waals surface area (Å²) in [5, 5.41) is 10.3. The van der Waals surface area contributed by atoms with E-state index in [2.05, 4.69) is 21.3 Å². The summed E-state index contributed by atoms with van der Waals surface area (Å²) in [5.41, 5.74) is 0.933. The van der Waals surface area contributed by atoms with Gasteiger partial charge in [0.15, 0.2) is 5.78 Å². The highest BCUT2D eigenvalue weighted by atomic mass is 35.5. The van der Waals surface area contributed by atoms with Crippen LogP contribution in [-0.4, -0.2) is 65.6 Å². The molecule has 1 aromatic rings. The Morgan fingerprint density at radius 3 is 2.09 bits per heavy atom. The summed E-state index contributed by atoms with van der Waals surface area (Å²) in [6.07, 6.45) is 0.238. The Balaban J connectivity index is 2.61. The fraction of sp³-hybridized carbons (Fsp3) is 0.500. The van der Waals surface area contributed by atoms with Gasteiger partial charge in [-0.1, -0.05) is 26.0 Å². The van der Waals surface area contributed by atoms with Gasteiger partial charge in [0.25, 0.3) is 0 Å². The highest BCUT2D eigenvalue weighted by Gasteiger charge is 2.28. The number of nitrogens with one attached hydrogen (secondary N) is 4. The maximum Gasteiger partial charge on any atom is 0.242 e. The minimum absolute atomic E-state index is 0.0190. The lowest BCUT2D eigenvalue weighted by atomic mass is 9.98. The lowest BCUT2D eigenvalue weighted by Crippen LogP contribution is -2.53. The number of halogens is 1. The zero-order valence-corrected chi connectivity index (χ0v) is 21.3. The third-order valence-corrected chi connectivity index (χ3v) is 5.24.